The van der Waals surface area contributed by atoms with Crippen LogP contribution in [0.5, 0.6) is 17.2 Å². The minimum Gasteiger partial charge on any atom is -0.493 e. The minimum absolute atomic E-state index is 0.00937. The number of ether oxygens (including phenoxy) is 3. The fraction of sp³-hybridized carbons (Fsp3) is 0.333. The van der Waals surface area contributed by atoms with Crippen LogP contribution < -0.4 is 19.1 Å². The van der Waals surface area contributed by atoms with E-state index in [9.17, 15) is 10.1 Å². The van der Waals surface area contributed by atoms with Gasteiger partial charge >= 0.3 is 0 Å². The molecule has 0 unspecified atom stereocenters. The second-order valence-electron chi connectivity index (χ2n) is 7.38. The van der Waals surface area contributed by atoms with Gasteiger partial charge in [-0.15, -0.1) is 0 Å². The number of thioether (sulfide) groups is 1. The number of carbonyl (C=O) groups excluding carboxylic acids is 1. The number of carbonyl (C=O) groups is 1. The average Bonchev–Trinajstić information content (AvgIpc) is 2.84. The standard InChI is InChI=1S/C24H25N3O4S/c1-4-31-20-8-6-5-7-19(20)26-14-27-23(28)12-17(18(13-25)24(27)32-15-26)16-9-10-21(29-2)22(11-16)30-3/h5-11,17H,4,12,14-15H2,1-3H3/t17-/m1/s1. The molecular weight excluding hydrogens is 426 g/mol. The van der Waals surface area contributed by atoms with E-state index < -0.39 is 0 Å². The van der Waals surface area contributed by atoms with Gasteiger partial charge in [-0.25, -0.2) is 0 Å². The van der Waals surface area contributed by atoms with E-state index in [1.165, 1.54) is 11.8 Å². The zero-order chi connectivity index (χ0) is 22.7. The summed E-state index contributed by atoms with van der Waals surface area (Å²) in [5.41, 5.74) is 2.42. The second-order valence-corrected chi connectivity index (χ2v) is 8.31. The zero-order valence-electron chi connectivity index (χ0n) is 18.3. The van der Waals surface area contributed by atoms with E-state index in [1.807, 2.05) is 49.4 Å². The van der Waals surface area contributed by atoms with E-state index in [0.717, 1.165) is 22.0 Å². The average molecular weight is 452 g/mol. The van der Waals surface area contributed by atoms with Crippen molar-refractivity contribution in [3.8, 4) is 23.3 Å². The summed E-state index contributed by atoms with van der Waals surface area (Å²) in [6.45, 7) is 2.90. The molecule has 8 heteroatoms. The summed E-state index contributed by atoms with van der Waals surface area (Å²) in [6.07, 6.45) is 0.226. The van der Waals surface area contributed by atoms with Crippen LogP contribution in [0.25, 0.3) is 0 Å². The molecule has 2 heterocycles. The molecular formula is C24H25N3O4S. The summed E-state index contributed by atoms with van der Waals surface area (Å²) in [5, 5.41) is 10.8. The van der Waals surface area contributed by atoms with E-state index in [2.05, 4.69) is 11.0 Å². The molecule has 0 N–H and O–H groups in total. The normalized spacial score (nSPS) is 18.2. The van der Waals surface area contributed by atoms with Gasteiger partial charge in [0.05, 0.1) is 55.7 Å². The Morgan fingerprint density at radius 3 is 2.62 bits per heavy atom. The van der Waals surface area contributed by atoms with Crippen LogP contribution in [0.4, 0.5) is 5.69 Å². The molecule has 2 aliphatic rings. The van der Waals surface area contributed by atoms with E-state index in [1.54, 1.807) is 19.1 Å². The molecule has 1 atom stereocenters. The lowest BCUT2D eigenvalue weighted by Crippen LogP contribution is -2.47. The number of amides is 1. The Morgan fingerprint density at radius 2 is 1.91 bits per heavy atom. The van der Waals surface area contributed by atoms with Gasteiger partial charge in [0.1, 0.15) is 5.75 Å². The highest BCUT2D eigenvalue weighted by molar-refractivity contribution is 8.03. The first-order valence-corrected chi connectivity index (χ1v) is 11.4. The summed E-state index contributed by atoms with van der Waals surface area (Å²) < 4.78 is 16.5. The third-order valence-corrected chi connectivity index (χ3v) is 6.76. The van der Waals surface area contributed by atoms with Gasteiger partial charge in [-0.05, 0) is 36.8 Å². The summed E-state index contributed by atoms with van der Waals surface area (Å²) in [6, 6.07) is 15.7. The molecule has 0 saturated carbocycles. The Kier molecular flexibility index (Phi) is 6.47. The second kappa shape index (κ2) is 9.45. The van der Waals surface area contributed by atoms with Crippen molar-refractivity contribution in [1.29, 1.82) is 5.26 Å². The van der Waals surface area contributed by atoms with E-state index >= 15 is 0 Å². The topological polar surface area (TPSA) is 75.0 Å². The van der Waals surface area contributed by atoms with E-state index in [4.69, 9.17) is 14.2 Å². The Hall–Kier alpha value is -3.31. The van der Waals surface area contributed by atoms with Gasteiger partial charge < -0.3 is 19.1 Å². The third kappa shape index (κ3) is 3.96. The van der Waals surface area contributed by atoms with Crippen LogP contribution in [0.15, 0.2) is 53.1 Å². The molecule has 166 valence electrons. The molecule has 4 rings (SSSR count). The van der Waals surface area contributed by atoms with E-state index in [0.29, 0.717) is 36.2 Å². The zero-order valence-corrected chi connectivity index (χ0v) is 19.1. The first-order chi connectivity index (χ1) is 15.6. The fourth-order valence-corrected chi connectivity index (χ4v) is 5.22. The van der Waals surface area contributed by atoms with Gasteiger partial charge in [-0.2, -0.15) is 5.26 Å². The summed E-state index contributed by atoms with van der Waals surface area (Å²) in [5.74, 6) is 2.28. The van der Waals surface area contributed by atoms with Gasteiger partial charge in [-0.3, -0.25) is 9.69 Å². The number of nitrogens with zero attached hydrogens (tertiary/aromatic N) is 3. The fourth-order valence-electron chi connectivity index (χ4n) is 4.07. The first-order valence-electron chi connectivity index (χ1n) is 10.4. The van der Waals surface area contributed by atoms with Crippen LogP contribution >= 0.6 is 11.8 Å². The quantitative estimate of drug-likeness (QED) is 0.647. The molecule has 0 aliphatic carbocycles. The summed E-state index contributed by atoms with van der Waals surface area (Å²) in [4.78, 5) is 17.0. The number of hydrogen-bond acceptors (Lipinski definition) is 7. The highest BCUT2D eigenvalue weighted by Gasteiger charge is 2.39. The number of para-hydroxylation sites is 2. The molecule has 2 aromatic rings. The molecule has 0 radical (unpaired) electrons. The number of benzene rings is 2. The van der Waals surface area contributed by atoms with Crippen molar-refractivity contribution < 1.29 is 19.0 Å². The van der Waals surface area contributed by atoms with Crippen molar-refractivity contribution >= 4 is 23.4 Å². The smallest absolute Gasteiger partial charge is 0.229 e. The Balaban J connectivity index is 1.66. The Labute approximate surface area is 192 Å². The highest BCUT2D eigenvalue weighted by atomic mass is 32.2. The van der Waals surface area contributed by atoms with Crippen molar-refractivity contribution in [1.82, 2.24) is 4.90 Å². The van der Waals surface area contributed by atoms with Crippen molar-refractivity contribution in [3.63, 3.8) is 0 Å². The Morgan fingerprint density at radius 1 is 1.12 bits per heavy atom. The van der Waals surface area contributed by atoms with Gasteiger partial charge in [0.25, 0.3) is 0 Å². The first kappa shape index (κ1) is 21.9. The molecule has 0 spiro atoms. The molecule has 0 aromatic heterocycles. The maximum atomic E-state index is 13.2. The maximum Gasteiger partial charge on any atom is 0.229 e. The molecule has 0 bridgehead atoms. The number of methoxy groups -OCH3 is 2. The van der Waals surface area contributed by atoms with Crippen molar-refractivity contribution in [2.45, 2.75) is 19.3 Å². The van der Waals surface area contributed by atoms with Gasteiger partial charge in [0, 0.05) is 12.3 Å². The van der Waals surface area contributed by atoms with Gasteiger partial charge in [0.15, 0.2) is 11.5 Å². The lowest BCUT2D eigenvalue weighted by atomic mass is 9.86. The van der Waals surface area contributed by atoms with Gasteiger partial charge in [0.2, 0.25) is 5.91 Å². The Bertz CT molecular complexity index is 1090. The van der Waals surface area contributed by atoms with Crippen LogP contribution in [-0.2, 0) is 4.79 Å². The lowest BCUT2D eigenvalue weighted by molar-refractivity contribution is -0.129. The largest absolute Gasteiger partial charge is 0.493 e. The molecule has 1 fully saturated rings. The van der Waals surface area contributed by atoms with Crippen molar-refractivity contribution in [2.75, 3.05) is 38.3 Å². The van der Waals surface area contributed by atoms with E-state index in [-0.39, 0.29) is 18.2 Å². The minimum atomic E-state index is -0.312. The van der Waals surface area contributed by atoms with Crippen LogP contribution in [-0.4, -0.2) is 44.2 Å². The van der Waals surface area contributed by atoms with Crippen LogP contribution in [0, 0.1) is 11.3 Å². The third-order valence-electron chi connectivity index (χ3n) is 5.61. The highest BCUT2D eigenvalue weighted by Crippen LogP contribution is 2.45. The molecule has 2 aliphatic heterocycles. The van der Waals surface area contributed by atoms with Crippen LogP contribution in [0.1, 0.15) is 24.8 Å². The molecule has 7 nitrogen and oxygen atoms in total. The van der Waals surface area contributed by atoms with Crippen LogP contribution in [0.2, 0.25) is 0 Å². The number of anilines is 1. The number of rotatable bonds is 6. The summed E-state index contributed by atoms with van der Waals surface area (Å²) >= 11 is 1.51. The number of hydrogen-bond donors (Lipinski definition) is 0. The lowest BCUT2D eigenvalue weighted by Gasteiger charge is -2.42. The number of fused-ring (bicyclic) bond motifs is 1. The predicted molar refractivity (Wildman–Crippen MR) is 124 cm³/mol. The van der Waals surface area contributed by atoms with Crippen LogP contribution in [0.3, 0.4) is 0 Å². The van der Waals surface area contributed by atoms with Crippen molar-refractivity contribution in [2.24, 2.45) is 0 Å². The number of nitriles is 1. The SMILES string of the molecule is CCOc1ccccc1N1CSC2=C(C#N)[C@@H](c3ccc(OC)c(OC)c3)CC(=O)N2C1. The molecule has 2 aromatic carbocycles. The molecule has 32 heavy (non-hydrogen) atoms. The monoisotopic (exact) mass is 451 g/mol. The maximum absolute atomic E-state index is 13.2. The predicted octanol–water partition coefficient (Wildman–Crippen LogP) is 4.32. The van der Waals surface area contributed by atoms with Gasteiger partial charge in [-0.1, -0.05) is 30.0 Å². The molecule has 1 amide bonds. The van der Waals surface area contributed by atoms with Crippen molar-refractivity contribution in [3.05, 3.63) is 58.6 Å². The molecule has 1 saturated heterocycles. The number of allylic oxidation sites excluding steroid dienone is 1. The summed E-state index contributed by atoms with van der Waals surface area (Å²) in [7, 11) is 3.15.